The third kappa shape index (κ3) is 2.47. The van der Waals surface area contributed by atoms with Crippen LogP contribution < -0.4 is 5.73 Å². The standard InChI is InChI=1S/C14H19FN2O/c1-2-11-5-3-4-8-17(11)14(18)12-9-10(16)6-7-13(12)15/h6-7,9,11H,2-5,8,16H2,1H3. The number of nitrogens with two attached hydrogens (primary N) is 1. The number of carbonyl (C=O) groups is 1. The van der Waals surface area contributed by atoms with Crippen LogP contribution in [0, 0.1) is 5.82 Å². The molecule has 3 nitrogen and oxygen atoms in total. The second-order valence-corrected chi connectivity index (χ2v) is 4.80. The van der Waals surface area contributed by atoms with E-state index in [1.165, 1.54) is 18.2 Å². The van der Waals surface area contributed by atoms with Crippen molar-refractivity contribution in [2.75, 3.05) is 12.3 Å². The lowest BCUT2D eigenvalue weighted by Gasteiger charge is -2.35. The van der Waals surface area contributed by atoms with Crippen molar-refractivity contribution >= 4 is 11.6 Å². The van der Waals surface area contributed by atoms with Crippen LogP contribution >= 0.6 is 0 Å². The number of carbonyl (C=O) groups excluding carboxylic acids is 1. The van der Waals surface area contributed by atoms with E-state index in [9.17, 15) is 9.18 Å². The average Bonchev–Trinajstić information content (AvgIpc) is 2.40. The summed E-state index contributed by atoms with van der Waals surface area (Å²) in [5, 5.41) is 0. The Morgan fingerprint density at radius 2 is 2.28 bits per heavy atom. The number of likely N-dealkylation sites (tertiary alicyclic amines) is 1. The van der Waals surface area contributed by atoms with Crippen LogP contribution in [-0.4, -0.2) is 23.4 Å². The van der Waals surface area contributed by atoms with E-state index in [1.807, 2.05) is 0 Å². The Bertz CT molecular complexity index is 447. The van der Waals surface area contributed by atoms with Crippen LogP contribution in [-0.2, 0) is 0 Å². The molecule has 2 N–H and O–H groups in total. The first-order chi connectivity index (χ1) is 8.63. The Balaban J connectivity index is 2.26. The summed E-state index contributed by atoms with van der Waals surface area (Å²) in [4.78, 5) is 14.2. The van der Waals surface area contributed by atoms with Gasteiger partial charge in [0.15, 0.2) is 0 Å². The van der Waals surface area contributed by atoms with Crippen molar-refractivity contribution in [1.29, 1.82) is 0 Å². The molecule has 1 fully saturated rings. The summed E-state index contributed by atoms with van der Waals surface area (Å²) >= 11 is 0. The number of halogens is 1. The molecule has 1 unspecified atom stereocenters. The van der Waals surface area contributed by atoms with Gasteiger partial charge in [0, 0.05) is 18.3 Å². The van der Waals surface area contributed by atoms with Gasteiger partial charge < -0.3 is 10.6 Å². The number of nitrogen functional groups attached to an aromatic ring is 1. The first kappa shape index (κ1) is 12.9. The highest BCUT2D eigenvalue weighted by atomic mass is 19.1. The van der Waals surface area contributed by atoms with Crippen molar-refractivity contribution in [2.45, 2.75) is 38.6 Å². The molecule has 0 aliphatic carbocycles. The minimum Gasteiger partial charge on any atom is -0.399 e. The maximum Gasteiger partial charge on any atom is 0.257 e. The summed E-state index contributed by atoms with van der Waals surface area (Å²) in [5.41, 5.74) is 6.14. The molecular weight excluding hydrogens is 231 g/mol. The normalized spacial score (nSPS) is 19.9. The number of piperidine rings is 1. The van der Waals surface area contributed by atoms with Gasteiger partial charge in [0.25, 0.3) is 5.91 Å². The van der Waals surface area contributed by atoms with Gasteiger partial charge in [0.05, 0.1) is 5.56 Å². The SMILES string of the molecule is CCC1CCCCN1C(=O)c1cc(N)ccc1F. The van der Waals surface area contributed by atoms with Crippen molar-refractivity contribution in [1.82, 2.24) is 4.90 Å². The molecule has 1 saturated heterocycles. The summed E-state index contributed by atoms with van der Waals surface area (Å²) in [6.45, 7) is 2.78. The van der Waals surface area contributed by atoms with Crippen molar-refractivity contribution in [3.05, 3.63) is 29.6 Å². The number of amides is 1. The molecule has 0 radical (unpaired) electrons. The largest absolute Gasteiger partial charge is 0.399 e. The van der Waals surface area contributed by atoms with Crippen LogP contribution in [0.15, 0.2) is 18.2 Å². The highest BCUT2D eigenvalue weighted by Crippen LogP contribution is 2.23. The average molecular weight is 250 g/mol. The number of anilines is 1. The third-order valence-corrected chi connectivity index (χ3v) is 3.58. The number of rotatable bonds is 2. The van der Waals surface area contributed by atoms with Crippen molar-refractivity contribution in [3.8, 4) is 0 Å². The highest BCUT2D eigenvalue weighted by molar-refractivity contribution is 5.95. The molecule has 0 spiro atoms. The fourth-order valence-electron chi connectivity index (χ4n) is 2.55. The first-order valence-corrected chi connectivity index (χ1v) is 6.49. The van der Waals surface area contributed by atoms with E-state index in [2.05, 4.69) is 6.92 Å². The predicted octanol–water partition coefficient (Wildman–Crippen LogP) is 2.81. The first-order valence-electron chi connectivity index (χ1n) is 6.49. The molecule has 98 valence electrons. The fraction of sp³-hybridized carbons (Fsp3) is 0.500. The number of benzene rings is 1. The topological polar surface area (TPSA) is 46.3 Å². The second-order valence-electron chi connectivity index (χ2n) is 4.80. The third-order valence-electron chi connectivity index (χ3n) is 3.58. The van der Waals surface area contributed by atoms with E-state index in [-0.39, 0.29) is 17.5 Å². The lowest BCUT2D eigenvalue weighted by Crippen LogP contribution is -2.43. The van der Waals surface area contributed by atoms with Gasteiger partial charge in [-0.05, 0) is 43.9 Å². The molecule has 0 bridgehead atoms. The van der Waals surface area contributed by atoms with E-state index in [0.29, 0.717) is 12.2 Å². The minimum absolute atomic E-state index is 0.0929. The van der Waals surface area contributed by atoms with Crippen LogP contribution in [0.3, 0.4) is 0 Å². The van der Waals surface area contributed by atoms with Crippen LogP contribution in [0.25, 0.3) is 0 Å². The van der Waals surface area contributed by atoms with E-state index < -0.39 is 5.82 Å². The lowest BCUT2D eigenvalue weighted by atomic mass is 9.98. The van der Waals surface area contributed by atoms with Crippen molar-refractivity contribution in [2.24, 2.45) is 0 Å². The Kier molecular flexibility index (Phi) is 3.84. The van der Waals surface area contributed by atoms with Gasteiger partial charge in [-0.1, -0.05) is 6.92 Å². The van der Waals surface area contributed by atoms with E-state index >= 15 is 0 Å². The molecule has 4 heteroatoms. The zero-order valence-electron chi connectivity index (χ0n) is 10.7. The summed E-state index contributed by atoms with van der Waals surface area (Å²) in [5.74, 6) is -0.721. The maximum atomic E-state index is 13.7. The fourth-order valence-corrected chi connectivity index (χ4v) is 2.55. The molecule has 1 aliphatic rings. The molecule has 0 aromatic heterocycles. The Hall–Kier alpha value is -1.58. The van der Waals surface area contributed by atoms with Crippen LogP contribution in [0.5, 0.6) is 0 Å². The Morgan fingerprint density at radius 1 is 1.50 bits per heavy atom. The molecule has 1 aromatic carbocycles. The van der Waals surface area contributed by atoms with E-state index in [1.54, 1.807) is 4.90 Å². The minimum atomic E-state index is -0.491. The second kappa shape index (κ2) is 5.38. The number of hydrogen-bond acceptors (Lipinski definition) is 2. The van der Waals surface area contributed by atoms with Gasteiger partial charge in [-0.25, -0.2) is 4.39 Å². The van der Waals surface area contributed by atoms with Gasteiger partial charge in [0.1, 0.15) is 5.82 Å². The van der Waals surface area contributed by atoms with Crippen LogP contribution in [0.4, 0.5) is 10.1 Å². The van der Waals surface area contributed by atoms with Gasteiger partial charge >= 0.3 is 0 Å². The summed E-state index contributed by atoms with van der Waals surface area (Å²) in [6, 6.07) is 4.39. The number of hydrogen-bond donors (Lipinski definition) is 1. The Labute approximate surface area is 107 Å². The Morgan fingerprint density at radius 3 is 3.00 bits per heavy atom. The highest BCUT2D eigenvalue weighted by Gasteiger charge is 2.27. The van der Waals surface area contributed by atoms with Gasteiger partial charge in [-0.3, -0.25) is 4.79 Å². The van der Waals surface area contributed by atoms with Crippen molar-refractivity contribution in [3.63, 3.8) is 0 Å². The van der Waals surface area contributed by atoms with Gasteiger partial charge in [-0.15, -0.1) is 0 Å². The molecule has 1 amide bonds. The lowest BCUT2D eigenvalue weighted by molar-refractivity contribution is 0.0603. The summed E-state index contributed by atoms with van der Waals surface area (Å²) in [7, 11) is 0. The zero-order chi connectivity index (χ0) is 13.1. The maximum absolute atomic E-state index is 13.7. The number of nitrogens with zero attached hydrogens (tertiary/aromatic N) is 1. The molecule has 18 heavy (non-hydrogen) atoms. The van der Waals surface area contributed by atoms with E-state index in [4.69, 9.17) is 5.73 Å². The smallest absolute Gasteiger partial charge is 0.257 e. The monoisotopic (exact) mass is 250 g/mol. The summed E-state index contributed by atoms with van der Waals surface area (Å²) < 4.78 is 13.7. The van der Waals surface area contributed by atoms with Gasteiger partial charge in [0.2, 0.25) is 0 Å². The molecule has 1 atom stereocenters. The molecule has 1 heterocycles. The predicted molar refractivity (Wildman–Crippen MR) is 69.8 cm³/mol. The summed E-state index contributed by atoms with van der Waals surface area (Å²) in [6.07, 6.45) is 4.05. The van der Waals surface area contributed by atoms with Crippen LogP contribution in [0.2, 0.25) is 0 Å². The van der Waals surface area contributed by atoms with Crippen LogP contribution in [0.1, 0.15) is 43.0 Å². The van der Waals surface area contributed by atoms with Gasteiger partial charge in [-0.2, -0.15) is 0 Å². The molecule has 1 aliphatic heterocycles. The molecule has 0 saturated carbocycles. The van der Waals surface area contributed by atoms with Crippen molar-refractivity contribution < 1.29 is 9.18 Å². The molecular formula is C14H19FN2O. The van der Waals surface area contributed by atoms with E-state index in [0.717, 1.165) is 25.7 Å². The quantitative estimate of drug-likeness (QED) is 0.820. The molecule has 2 rings (SSSR count). The zero-order valence-corrected chi connectivity index (χ0v) is 10.7. The molecule has 1 aromatic rings.